The fraction of sp³-hybridized carbons (Fsp3) is 0.364. The first-order valence-electron chi connectivity index (χ1n) is 4.55. The van der Waals surface area contributed by atoms with Crippen molar-refractivity contribution in [3.05, 3.63) is 29.8 Å². The first-order valence-corrected chi connectivity index (χ1v) is 4.55. The van der Waals surface area contributed by atoms with E-state index in [9.17, 15) is 0 Å². The second-order valence-electron chi connectivity index (χ2n) is 2.92. The van der Waals surface area contributed by atoms with Gasteiger partial charge in [-0.2, -0.15) is 0 Å². The Morgan fingerprint density at radius 1 is 1.31 bits per heavy atom. The molecule has 1 aromatic carbocycles. The van der Waals surface area contributed by atoms with Crippen molar-refractivity contribution >= 4 is 11.4 Å². The van der Waals surface area contributed by atoms with Crippen molar-refractivity contribution in [3.8, 4) is 0 Å². The van der Waals surface area contributed by atoms with Crippen molar-refractivity contribution in [2.24, 2.45) is 4.99 Å². The molecule has 1 rings (SSSR count). The molecule has 0 aliphatic heterocycles. The lowest BCUT2D eigenvalue weighted by Gasteiger charge is -2.04. The zero-order valence-electron chi connectivity index (χ0n) is 8.46. The standard InChI is InChI=1S/C11H16N2/c1-4-13-11-7-5-10(6-8-11)9(2)12-3/h5-8,13H,4H2,1-3H3. The van der Waals surface area contributed by atoms with Gasteiger partial charge in [-0.05, 0) is 31.5 Å². The Hall–Kier alpha value is -1.31. The largest absolute Gasteiger partial charge is 0.385 e. The molecule has 0 fully saturated rings. The van der Waals surface area contributed by atoms with E-state index in [4.69, 9.17) is 0 Å². The van der Waals surface area contributed by atoms with Crippen molar-refractivity contribution in [1.82, 2.24) is 0 Å². The molecular weight excluding hydrogens is 160 g/mol. The molecule has 0 atom stereocenters. The summed E-state index contributed by atoms with van der Waals surface area (Å²) in [4.78, 5) is 4.13. The van der Waals surface area contributed by atoms with Crippen LogP contribution < -0.4 is 5.32 Å². The Bertz CT molecular complexity index is 285. The van der Waals surface area contributed by atoms with Crippen LogP contribution in [0.5, 0.6) is 0 Å². The number of anilines is 1. The van der Waals surface area contributed by atoms with E-state index >= 15 is 0 Å². The van der Waals surface area contributed by atoms with Crippen LogP contribution in [0.2, 0.25) is 0 Å². The molecule has 1 aromatic rings. The number of nitrogens with one attached hydrogen (secondary N) is 1. The fourth-order valence-corrected chi connectivity index (χ4v) is 1.16. The van der Waals surface area contributed by atoms with E-state index < -0.39 is 0 Å². The van der Waals surface area contributed by atoms with E-state index in [1.54, 1.807) is 0 Å². The maximum Gasteiger partial charge on any atom is 0.0386 e. The highest BCUT2D eigenvalue weighted by molar-refractivity contribution is 5.98. The summed E-state index contributed by atoms with van der Waals surface area (Å²) in [6, 6.07) is 8.32. The summed E-state index contributed by atoms with van der Waals surface area (Å²) in [5.74, 6) is 0. The predicted molar refractivity (Wildman–Crippen MR) is 58.7 cm³/mol. The number of hydrogen-bond donors (Lipinski definition) is 1. The van der Waals surface area contributed by atoms with Crippen LogP contribution in [0.3, 0.4) is 0 Å². The molecule has 0 saturated carbocycles. The minimum atomic E-state index is 0.959. The molecule has 2 nitrogen and oxygen atoms in total. The molecule has 2 heteroatoms. The van der Waals surface area contributed by atoms with Gasteiger partial charge in [-0.3, -0.25) is 4.99 Å². The summed E-state index contributed by atoms with van der Waals surface area (Å²) in [6.45, 7) is 5.06. The summed E-state index contributed by atoms with van der Waals surface area (Å²) in [5.41, 5.74) is 3.42. The smallest absolute Gasteiger partial charge is 0.0386 e. The van der Waals surface area contributed by atoms with E-state index in [0.717, 1.165) is 17.9 Å². The fourth-order valence-electron chi connectivity index (χ4n) is 1.16. The maximum atomic E-state index is 4.13. The van der Waals surface area contributed by atoms with Gasteiger partial charge >= 0.3 is 0 Å². The molecular formula is C11H16N2. The Kier molecular flexibility index (Phi) is 3.50. The van der Waals surface area contributed by atoms with Gasteiger partial charge in [-0.15, -0.1) is 0 Å². The van der Waals surface area contributed by atoms with Gasteiger partial charge in [0.2, 0.25) is 0 Å². The van der Waals surface area contributed by atoms with Crippen LogP contribution >= 0.6 is 0 Å². The Balaban J connectivity index is 2.81. The third kappa shape index (κ3) is 2.58. The molecule has 0 aliphatic carbocycles. The van der Waals surface area contributed by atoms with Crippen LogP contribution in [0.25, 0.3) is 0 Å². The second-order valence-corrected chi connectivity index (χ2v) is 2.92. The van der Waals surface area contributed by atoms with E-state index in [0.29, 0.717) is 0 Å². The highest BCUT2D eigenvalue weighted by Gasteiger charge is 1.95. The lowest BCUT2D eigenvalue weighted by Crippen LogP contribution is -1.98. The molecule has 0 radical (unpaired) electrons. The molecule has 0 unspecified atom stereocenters. The number of benzene rings is 1. The van der Waals surface area contributed by atoms with Crippen molar-refractivity contribution in [3.63, 3.8) is 0 Å². The third-order valence-electron chi connectivity index (χ3n) is 2.02. The molecule has 0 heterocycles. The van der Waals surface area contributed by atoms with E-state index in [1.165, 1.54) is 5.56 Å². The van der Waals surface area contributed by atoms with Gasteiger partial charge in [-0.1, -0.05) is 12.1 Å². The van der Waals surface area contributed by atoms with Gasteiger partial charge in [0.25, 0.3) is 0 Å². The minimum Gasteiger partial charge on any atom is -0.385 e. The third-order valence-corrected chi connectivity index (χ3v) is 2.02. The molecule has 0 saturated heterocycles. The SMILES string of the molecule is CCNc1ccc(C(C)=NC)cc1. The van der Waals surface area contributed by atoms with Gasteiger partial charge < -0.3 is 5.32 Å². The van der Waals surface area contributed by atoms with Gasteiger partial charge in [0.1, 0.15) is 0 Å². The molecule has 0 aromatic heterocycles. The van der Waals surface area contributed by atoms with Crippen LogP contribution in [0.4, 0.5) is 5.69 Å². The van der Waals surface area contributed by atoms with E-state index in [-0.39, 0.29) is 0 Å². The zero-order valence-corrected chi connectivity index (χ0v) is 8.46. The first kappa shape index (κ1) is 9.78. The van der Waals surface area contributed by atoms with Gasteiger partial charge in [0.05, 0.1) is 0 Å². The summed E-state index contributed by atoms with van der Waals surface area (Å²) in [6.07, 6.45) is 0. The maximum absolute atomic E-state index is 4.13. The predicted octanol–water partition coefficient (Wildman–Crippen LogP) is 2.56. The summed E-state index contributed by atoms with van der Waals surface area (Å²) >= 11 is 0. The minimum absolute atomic E-state index is 0.959. The molecule has 0 bridgehead atoms. The quantitative estimate of drug-likeness (QED) is 0.703. The molecule has 0 spiro atoms. The number of rotatable bonds is 3. The summed E-state index contributed by atoms with van der Waals surface area (Å²) in [7, 11) is 1.81. The highest BCUT2D eigenvalue weighted by Crippen LogP contribution is 2.09. The second kappa shape index (κ2) is 4.65. The lowest BCUT2D eigenvalue weighted by atomic mass is 10.1. The highest BCUT2D eigenvalue weighted by atomic mass is 14.8. The van der Waals surface area contributed by atoms with Crippen molar-refractivity contribution in [2.75, 3.05) is 18.9 Å². The Labute approximate surface area is 79.7 Å². The monoisotopic (exact) mass is 176 g/mol. The van der Waals surface area contributed by atoms with Gasteiger partial charge in [-0.25, -0.2) is 0 Å². The molecule has 0 aliphatic rings. The Morgan fingerprint density at radius 3 is 2.38 bits per heavy atom. The van der Waals surface area contributed by atoms with Crippen LogP contribution in [0.15, 0.2) is 29.3 Å². The van der Waals surface area contributed by atoms with Crippen LogP contribution in [-0.4, -0.2) is 19.3 Å². The van der Waals surface area contributed by atoms with Gasteiger partial charge in [0.15, 0.2) is 0 Å². The lowest BCUT2D eigenvalue weighted by molar-refractivity contribution is 1.21. The average Bonchev–Trinajstić information content (AvgIpc) is 2.18. The van der Waals surface area contributed by atoms with Crippen molar-refractivity contribution in [2.45, 2.75) is 13.8 Å². The van der Waals surface area contributed by atoms with Crippen molar-refractivity contribution in [1.29, 1.82) is 0 Å². The van der Waals surface area contributed by atoms with Crippen LogP contribution in [0.1, 0.15) is 19.4 Å². The van der Waals surface area contributed by atoms with Crippen LogP contribution in [0, 0.1) is 0 Å². The summed E-state index contributed by atoms with van der Waals surface area (Å²) < 4.78 is 0. The normalized spacial score (nSPS) is 11.5. The molecule has 1 N–H and O–H groups in total. The summed E-state index contributed by atoms with van der Waals surface area (Å²) in [5, 5.41) is 3.25. The average molecular weight is 176 g/mol. The molecule has 0 amide bonds. The molecule has 70 valence electrons. The number of nitrogens with zero attached hydrogens (tertiary/aromatic N) is 1. The Morgan fingerprint density at radius 2 is 1.92 bits per heavy atom. The van der Waals surface area contributed by atoms with E-state index in [2.05, 4.69) is 41.5 Å². The topological polar surface area (TPSA) is 24.4 Å². The molecule has 13 heavy (non-hydrogen) atoms. The van der Waals surface area contributed by atoms with Crippen LogP contribution in [-0.2, 0) is 0 Å². The first-order chi connectivity index (χ1) is 6.27. The van der Waals surface area contributed by atoms with E-state index in [1.807, 2.05) is 14.0 Å². The number of aliphatic imine (C=N–C) groups is 1. The van der Waals surface area contributed by atoms with Crippen molar-refractivity contribution < 1.29 is 0 Å². The zero-order chi connectivity index (χ0) is 9.68. The van der Waals surface area contributed by atoms with Gasteiger partial charge in [0, 0.05) is 25.0 Å². The number of hydrogen-bond acceptors (Lipinski definition) is 2.